The van der Waals surface area contributed by atoms with Crippen molar-refractivity contribution in [3.05, 3.63) is 76.6 Å². The summed E-state index contributed by atoms with van der Waals surface area (Å²) in [5, 5.41) is 6.07. The summed E-state index contributed by atoms with van der Waals surface area (Å²) >= 11 is 0. The predicted octanol–water partition coefficient (Wildman–Crippen LogP) is 5.34. The first-order valence-corrected chi connectivity index (χ1v) is 21.7. The predicted molar refractivity (Wildman–Crippen MR) is 235 cm³/mol. The zero-order valence-electron chi connectivity index (χ0n) is 36.7. The number of piperidine rings is 1. The van der Waals surface area contributed by atoms with Crippen LogP contribution in [0.1, 0.15) is 89.2 Å². The van der Waals surface area contributed by atoms with Gasteiger partial charge in [0.25, 0.3) is 11.8 Å². The molecular formula is C46H52F3N9O7. The van der Waals surface area contributed by atoms with Crippen LogP contribution in [0.5, 0.6) is 11.5 Å². The summed E-state index contributed by atoms with van der Waals surface area (Å²) in [7, 11) is 3.33. The smallest absolute Gasteiger partial charge is 0.416 e. The second-order valence-corrected chi connectivity index (χ2v) is 17.5. The van der Waals surface area contributed by atoms with E-state index in [2.05, 4.69) is 30.4 Å². The number of carbonyl (C=O) groups is 5. The Hall–Kier alpha value is -6.50. The Balaban J connectivity index is 0.833. The van der Waals surface area contributed by atoms with Crippen LogP contribution in [0.2, 0.25) is 0 Å². The Labute approximate surface area is 373 Å². The van der Waals surface area contributed by atoms with Gasteiger partial charge in [0.2, 0.25) is 17.7 Å². The van der Waals surface area contributed by atoms with E-state index >= 15 is 0 Å². The molecule has 0 spiro atoms. The van der Waals surface area contributed by atoms with E-state index in [-0.39, 0.29) is 41.0 Å². The fourth-order valence-electron chi connectivity index (χ4n) is 8.98. The fourth-order valence-corrected chi connectivity index (χ4v) is 8.98. The van der Waals surface area contributed by atoms with Gasteiger partial charge in [0.15, 0.2) is 11.5 Å². The number of amides is 5. The molecule has 65 heavy (non-hydrogen) atoms. The van der Waals surface area contributed by atoms with Crippen LogP contribution in [0.25, 0.3) is 10.9 Å². The minimum Gasteiger partial charge on any atom is -0.493 e. The van der Waals surface area contributed by atoms with Gasteiger partial charge >= 0.3 is 6.18 Å². The minimum atomic E-state index is -4.55. The Kier molecular flexibility index (Phi) is 12.4. The highest BCUT2D eigenvalue weighted by Crippen LogP contribution is 2.47. The molecule has 3 aliphatic heterocycles. The number of aryl methyl sites for hydroxylation is 1. The Morgan fingerprint density at radius 3 is 2.48 bits per heavy atom. The number of carbonyl (C=O) groups excluding carboxylic acids is 5. The zero-order chi connectivity index (χ0) is 46.4. The molecule has 3 aromatic carbocycles. The lowest BCUT2D eigenvalue weighted by molar-refractivity contribution is -0.138. The number of fused-ring (bicyclic) bond motifs is 2. The molecular weight excluding hydrogens is 848 g/mol. The zero-order valence-corrected chi connectivity index (χ0v) is 36.7. The van der Waals surface area contributed by atoms with Crippen LogP contribution < -0.4 is 30.7 Å². The van der Waals surface area contributed by atoms with E-state index in [1.807, 2.05) is 6.07 Å². The summed E-state index contributed by atoms with van der Waals surface area (Å²) in [6, 6.07) is 10.5. The van der Waals surface area contributed by atoms with E-state index in [9.17, 15) is 37.1 Å². The number of rotatable bonds is 15. The molecule has 2 saturated heterocycles. The summed E-state index contributed by atoms with van der Waals surface area (Å²) in [6.07, 6.45) is -1.64. The number of ether oxygens (including phenoxy) is 2. The van der Waals surface area contributed by atoms with Gasteiger partial charge in [0, 0.05) is 75.2 Å². The van der Waals surface area contributed by atoms with E-state index in [1.54, 1.807) is 50.1 Å². The van der Waals surface area contributed by atoms with Crippen molar-refractivity contribution < 1.29 is 46.6 Å². The highest BCUT2D eigenvalue weighted by Gasteiger charge is 2.47. The lowest BCUT2D eigenvalue weighted by atomic mass is 10.0. The number of hydrogen-bond acceptors (Lipinski definition) is 13. The van der Waals surface area contributed by atoms with Crippen molar-refractivity contribution in [3.8, 4) is 11.5 Å². The number of anilines is 3. The number of nitrogen functional groups attached to an aromatic ring is 1. The van der Waals surface area contributed by atoms with E-state index in [1.165, 1.54) is 13.2 Å². The molecule has 8 rings (SSSR count). The van der Waals surface area contributed by atoms with Crippen LogP contribution in [0.4, 0.5) is 30.4 Å². The Morgan fingerprint density at radius 2 is 1.78 bits per heavy atom. The van der Waals surface area contributed by atoms with Gasteiger partial charge in [0.1, 0.15) is 17.7 Å². The number of aromatic nitrogens is 2. The Bertz CT molecular complexity index is 2560. The summed E-state index contributed by atoms with van der Waals surface area (Å²) < 4.78 is 52.8. The quantitative estimate of drug-likeness (QED) is 0.102. The average Bonchev–Trinajstić information content (AvgIpc) is 3.98. The van der Waals surface area contributed by atoms with Crippen LogP contribution in [0.15, 0.2) is 48.5 Å². The number of imide groups is 2. The molecule has 4 aliphatic rings. The SMILES string of the molecule is COc1cc2nc(C)nc(N[C@H](C)c3cc(N)cc(C(F)(F)F)c3)c2cc1OCC1(CN(C)C(=O)CCCN2CCN(c3cccc4c3C(=O)N(C3CCC(=O)NC3=O)C4=O)CC2)CC1. The van der Waals surface area contributed by atoms with Crippen molar-refractivity contribution in [2.45, 2.75) is 70.6 Å². The molecule has 1 aliphatic carbocycles. The van der Waals surface area contributed by atoms with E-state index < -0.39 is 47.5 Å². The monoisotopic (exact) mass is 899 g/mol. The summed E-state index contributed by atoms with van der Waals surface area (Å²) in [5.41, 5.74) is 6.84. The van der Waals surface area contributed by atoms with Gasteiger partial charge in [-0.15, -0.1) is 0 Å². The number of piperazine rings is 1. The van der Waals surface area contributed by atoms with Gasteiger partial charge in [-0.05, 0) is 88.0 Å². The van der Waals surface area contributed by atoms with Gasteiger partial charge in [-0.3, -0.25) is 39.1 Å². The van der Waals surface area contributed by atoms with Gasteiger partial charge in [-0.25, -0.2) is 9.97 Å². The molecule has 344 valence electrons. The van der Waals surface area contributed by atoms with Crippen molar-refractivity contribution in [2.75, 3.05) is 76.0 Å². The van der Waals surface area contributed by atoms with Crippen molar-refractivity contribution in [3.63, 3.8) is 0 Å². The van der Waals surface area contributed by atoms with Gasteiger partial charge in [-0.1, -0.05) is 6.07 Å². The number of nitrogens with one attached hydrogen (secondary N) is 2. The second-order valence-electron chi connectivity index (χ2n) is 17.5. The van der Waals surface area contributed by atoms with E-state index in [0.29, 0.717) is 104 Å². The van der Waals surface area contributed by atoms with Crippen LogP contribution in [0, 0.1) is 12.3 Å². The van der Waals surface area contributed by atoms with Gasteiger partial charge in [-0.2, -0.15) is 13.2 Å². The third kappa shape index (κ3) is 9.51. The van der Waals surface area contributed by atoms with Crippen LogP contribution in [0.3, 0.4) is 0 Å². The second kappa shape index (κ2) is 17.8. The third-order valence-corrected chi connectivity index (χ3v) is 12.8. The molecule has 19 heteroatoms. The molecule has 1 saturated carbocycles. The highest BCUT2D eigenvalue weighted by atomic mass is 19.4. The minimum absolute atomic E-state index is 0.00125. The number of nitrogens with zero attached hydrogens (tertiary/aromatic N) is 6. The van der Waals surface area contributed by atoms with Crippen molar-refractivity contribution in [1.29, 1.82) is 0 Å². The first-order valence-electron chi connectivity index (χ1n) is 21.7. The molecule has 2 atom stereocenters. The number of nitrogens with two attached hydrogens (primary N) is 1. The third-order valence-electron chi connectivity index (χ3n) is 12.8. The number of hydrogen-bond donors (Lipinski definition) is 3. The highest BCUT2D eigenvalue weighted by molar-refractivity contribution is 6.25. The lowest BCUT2D eigenvalue weighted by Gasteiger charge is -2.37. The van der Waals surface area contributed by atoms with Gasteiger partial charge < -0.3 is 30.3 Å². The molecule has 4 aromatic rings. The topological polar surface area (TPSA) is 193 Å². The number of benzene rings is 3. The van der Waals surface area contributed by atoms with Crippen LogP contribution >= 0.6 is 0 Å². The summed E-state index contributed by atoms with van der Waals surface area (Å²) in [6.45, 7) is 7.59. The maximum absolute atomic E-state index is 13.6. The van der Waals surface area contributed by atoms with Gasteiger partial charge in [0.05, 0.1) is 47.7 Å². The molecule has 4 N–H and O–H groups in total. The maximum atomic E-state index is 13.6. The van der Waals surface area contributed by atoms with E-state index in [4.69, 9.17) is 15.2 Å². The number of methoxy groups -OCH3 is 1. The number of alkyl halides is 3. The lowest BCUT2D eigenvalue weighted by Crippen LogP contribution is -2.54. The molecule has 0 radical (unpaired) electrons. The molecule has 1 aromatic heterocycles. The fraction of sp³-hybridized carbons (Fsp3) is 0.457. The molecule has 0 bridgehead atoms. The number of halogens is 3. The summed E-state index contributed by atoms with van der Waals surface area (Å²) in [4.78, 5) is 80.8. The van der Waals surface area contributed by atoms with Crippen molar-refractivity contribution in [2.24, 2.45) is 5.41 Å². The maximum Gasteiger partial charge on any atom is 0.416 e. The molecule has 16 nitrogen and oxygen atoms in total. The largest absolute Gasteiger partial charge is 0.493 e. The summed E-state index contributed by atoms with van der Waals surface area (Å²) in [5.74, 6) is -0.348. The average molecular weight is 900 g/mol. The molecule has 4 heterocycles. The van der Waals surface area contributed by atoms with Crippen molar-refractivity contribution in [1.82, 2.24) is 30.0 Å². The molecule has 3 fully saturated rings. The first kappa shape index (κ1) is 45.1. The van der Waals surface area contributed by atoms with Crippen LogP contribution in [-0.4, -0.2) is 120 Å². The molecule has 1 unspecified atom stereocenters. The van der Waals surface area contributed by atoms with Crippen LogP contribution in [-0.2, 0) is 20.6 Å². The van der Waals surface area contributed by atoms with Crippen molar-refractivity contribution >= 4 is 57.6 Å². The Morgan fingerprint density at radius 1 is 1.03 bits per heavy atom. The van der Waals surface area contributed by atoms with E-state index in [0.717, 1.165) is 29.9 Å². The molecule has 5 amide bonds. The normalized spacial score (nSPS) is 19.0. The standard InChI is InChI=1S/C46H52F3N9O7/c1-26(28-19-29(46(47,48)49)21-30(50)20-28)51-41-32-22-37(36(64-4)23-33(32)52-27(2)53-41)65-25-45(12-13-45)24-55(3)39(60)9-6-14-56-15-17-57(18-16-56)34-8-5-7-31-40(34)44(63)58(43(31)62)35-10-11-38(59)54-42(35)61/h5,7-8,19-23,26,35H,6,9-18,24-25,50H2,1-4H3,(H,51,52,53)(H,54,59,61)/t26-,35?/m1/s1. The first-order chi connectivity index (χ1) is 30.9.